The number of amides is 1. The van der Waals surface area contributed by atoms with Gasteiger partial charge in [0, 0.05) is 7.05 Å². The molecule has 1 saturated carbocycles. The SMILES string of the molecule is Cc1ccc(F)c(C(=O)N(C)C2CCCCC2O)c1. The maximum Gasteiger partial charge on any atom is 0.256 e. The quantitative estimate of drug-likeness (QED) is 0.892. The van der Waals surface area contributed by atoms with Gasteiger partial charge in [-0.25, -0.2) is 4.39 Å². The van der Waals surface area contributed by atoms with E-state index in [1.54, 1.807) is 19.2 Å². The first-order valence-corrected chi connectivity index (χ1v) is 6.72. The van der Waals surface area contributed by atoms with Crippen LogP contribution in [0.15, 0.2) is 18.2 Å². The Morgan fingerprint density at radius 3 is 2.74 bits per heavy atom. The van der Waals surface area contributed by atoms with Gasteiger partial charge in [-0.05, 0) is 31.9 Å². The van der Waals surface area contributed by atoms with Crippen molar-refractivity contribution in [3.63, 3.8) is 0 Å². The molecule has 0 aliphatic heterocycles. The van der Waals surface area contributed by atoms with Crippen molar-refractivity contribution < 1.29 is 14.3 Å². The first-order valence-electron chi connectivity index (χ1n) is 6.72. The average molecular weight is 265 g/mol. The van der Waals surface area contributed by atoms with E-state index in [0.29, 0.717) is 6.42 Å². The van der Waals surface area contributed by atoms with Crippen molar-refractivity contribution >= 4 is 5.91 Å². The van der Waals surface area contributed by atoms with Crippen LogP contribution in [0.2, 0.25) is 0 Å². The summed E-state index contributed by atoms with van der Waals surface area (Å²) in [5, 5.41) is 9.97. The molecule has 19 heavy (non-hydrogen) atoms. The number of carbonyl (C=O) groups is 1. The maximum atomic E-state index is 13.7. The Morgan fingerprint density at radius 1 is 1.37 bits per heavy atom. The van der Waals surface area contributed by atoms with E-state index in [-0.39, 0.29) is 17.5 Å². The zero-order chi connectivity index (χ0) is 14.0. The van der Waals surface area contributed by atoms with Gasteiger partial charge in [0.15, 0.2) is 0 Å². The molecule has 0 heterocycles. The van der Waals surface area contributed by atoms with Crippen LogP contribution >= 0.6 is 0 Å². The van der Waals surface area contributed by atoms with E-state index in [0.717, 1.165) is 24.8 Å². The zero-order valence-electron chi connectivity index (χ0n) is 11.4. The van der Waals surface area contributed by atoms with E-state index in [1.807, 2.05) is 6.92 Å². The van der Waals surface area contributed by atoms with Gasteiger partial charge in [-0.3, -0.25) is 4.79 Å². The van der Waals surface area contributed by atoms with Crippen molar-refractivity contribution in [3.8, 4) is 0 Å². The lowest BCUT2D eigenvalue weighted by atomic mass is 9.91. The summed E-state index contributed by atoms with van der Waals surface area (Å²) in [5.41, 5.74) is 0.933. The molecule has 0 spiro atoms. The lowest BCUT2D eigenvalue weighted by Gasteiger charge is -2.35. The minimum Gasteiger partial charge on any atom is -0.391 e. The number of nitrogens with zero attached hydrogens (tertiary/aromatic N) is 1. The van der Waals surface area contributed by atoms with Crippen molar-refractivity contribution in [2.75, 3.05) is 7.05 Å². The molecule has 0 radical (unpaired) electrons. The smallest absolute Gasteiger partial charge is 0.256 e. The Kier molecular flexibility index (Phi) is 4.20. The van der Waals surface area contributed by atoms with Crippen LogP contribution in [0.3, 0.4) is 0 Å². The van der Waals surface area contributed by atoms with Crippen molar-refractivity contribution in [1.29, 1.82) is 0 Å². The third-order valence-electron chi connectivity index (χ3n) is 3.86. The summed E-state index contributed by atoms with van der Waals surface area (Å²) in [6, 6.07) is 4.31. The fraction of sp³-hybridized carbons (Fsp3) is 0.533. The minimum absolute atomic E-state index is 0.0836. The second-order valence-corrected chi connectivity index (χ2v) is 5.32. The minimum atomic E-state index is -0.507. The number of benzene rings is 1. The van der Waals surface area contributed by atoms with Crippen molar-refractivity contribution in [2.24, 2.45) is 0 Å². The van der Waals surface area contributed by atoms with Gasteiger partial charge in [0.1, 0.15) is 5.82 Å². The van der Waals surface area contributed by atoms with Crippen LogP contribution in [-0.4, -0.2) is 35.1 Å². The number of hydrogen-bond acceptors (Lipinski definition) is 2. The fourth-order valence-corrected chi connectivity index (χ4v) is 2.69. The van der Waals surface area contributed by atoms with E-state index in [2.05, 4.69) is 0 Å². The lowest BCUT2D eigenvalue weighted by molar-refractivity contribution is 0.0265. The van der Waals surface area contributed by atoms with Gasteiger partial charge in [0.05, 0.1) is 17.7 Å². The largest absolute Gasteiger partial charge is 0.391 e. The van der Waals surface area contributed by atoms with Gasteiger partial charge in [-0.15, -0.1) is 0 Å². The Morgan fingerprint density at radius 2 is 2.05 bits per heavy atom. The van der Waals surface area contributed by atoms with Crippen LogP contribution in [0.1, 0.15) is 41.6 Å². The molecule has 3 nitrogen and oxygen atoms in total. The van der Waals surface area contributed by atoms with Crippen LogP contribution in [0, 0.1) is 12.7 Å². The second-order valence-electron chi connectivity index (χ2n) is 5.32. The second kappa shape index (κ2) is 5.70. The number of carbonyl (C=O) groups excluding carboxylic acids is 1. The molecule has 1 fully saturated rings. The summed E-state index contributed by atoms with van der Waals surface area (Å²) >= 11 is 0. The summed E-state index contributed by atoms with van der Waals surface area (Å²) in [7, 11) is 1.64. The van der Waals surface area contributed by atoms with Crippen LogP contribution in [0.25, 0.3) is 0 Å². The molecule has 2 rings (SSSR count). The molecule has 1 aromatic carbocycles. The molecule has 2 atom stereocenters. The maximum absolute atomic E-state index is 13.7. The van der Waals surface area contributed by atoms with Crippen LogP contribution in [-0.2, 0) is 0 Å². The molecule has 0 saturated heterocycles. The number of hydrogen-bond donors (Lipinski definition) is 1. The van der Waals surface area contributed by atoms with Gasteiger partial charge in [-0.1, -0.05) is 24.5 Å². The number of aryl methyl sites for hydroxylation is 1. The topological polar surface area (TPSA) is 40.5 Å². The van der Waals surface area contributed by atoms with Crippen LogP contribution in [0.5, 0.6) is 0 Å². The van der Waals surface area contributed by atoms with Crippen molar-refractivity contribution in [2.45, 2.75) is 44.8 Å². The Balaban J connectivity index is 2.20. The molecule has 4 heteroatoms. The van der Waals surface area contributed by atoms with Crippen molar-refractivity contribution in [1.82, 2.24) is 4.90 Å². The zero-order valence-corrected chi connectivity index (χ0v) is 11.4. The highest BCUT2D eigenvalue weighted by molar-refractivity contribution is 5.94. The highest BCUT2D eigenvalue weighted by Crippen LogP contribution is 2.24. The molecule has 0 bridgehead atoms. The molecule has 0 aromatic heterocycles. The third kappa shape index (κ3) is 2.95. The van der Waals surface area contributed by atoms with E-state index in [1.165, 1.54) is 11.0 Å². The van der Waals surface area contributed by atoms with Gasteiger partial charge in [0.2, 0.25) is 0 Å². The highest BCUT2D eigenvalue weighted by Gasteiger charge is 2.30. The molecule has 1 aliphatic rings. The van der Waals surface area contributed by atoms with E-state index >= 15 is 0 Å². The number of likely N-dealkylation sites (N-methyl/N-ethyl adjacent to an activating group) is 1. The molecular weight excluding hydrogens is 245 g/mol. The fourth-order valence-electron chi connectivity index (χ4n) is 2.69. The first-order chi connectivity index (χ1) is 9.00. The van der Waals surface area contributed by atoms with E-state index in [4.69, 9.17) is 0 Å². The predicted octanol–water partition coefficient (Wildman–Crippen LogP) is 2.51. The van der Waals surface area contributed by atoms with E-state index in [9.17, 15) is 14.3 Å². The molecular formula is C15H20FNO2. The summed E-state index contributed by atoms with van der Waals surface area (Å²) in [4.78, 5) is 13.8. The summed E-state index contributed by atoms with van der Waals surface area (Å²) in [6.45, 7) is 1.83. The average Bonchev–Trinajstić information content (AvgIpc) is 2.40. The Hall–Kier alpha value is -1.42. The molecule has 1 aliphatic carbocycles. The van der Waals surface area contributed by atoms with Gasteiger partial charge >= 0.3 is 0 Å². The number of aliphatic hydroxyl groups is 1. The summed E-state index contributed by atoms with van der Waals surface area (Å²) in [5.74, 6) is -0.861. The first kappa shape index (κ1) is 14.0. The molecule has 2 unspecified atom stereocenters. The normalized spacial score (nSPS) is 23.2. The Bertz CT molecular complexity index is 475. The predicted molar refractivity (Wildman–Crippen MR) is 71.5 cm³/mol. The van der Waals surface area contributed by atoms with Crippen LogP contribution in [0.4, 0.5) is 4.39 Å². The molecule has 1 aromatic rings. The lowest BCUT2D eigenvalue weighted by Crippen LogP contribution is -2.46. The number of aliphatic hydroxyl groups excluding tert-OH is 1. The van der Waals surface area contributed by atoms with Crippen LogP contribution < -0.4 is 0 Å². The van der Waals surface area contributed by atoms with E-state index < -0.39 is 11.9 Å². The monoisotopic (exact) mass is 265 g/mol. The summed E-state index contributed by atoms with van der Waals surface area (Å²) < 4.78 is 13.7. The third-order valence-corrected chi connectivity index (χ3v) is 3.86. The van der Waals surface area contributed by atoms with Gasteiger partial charge in [0.25, 0.3) is 5.91 Å². The number of rotatable bonds is 2. The standard InChI is InChI=1S/C15H20FNO2/c1-10-7-8-12(16)11(9-10)15(19)17(2)13-5-3-4-6-14(13)18/h7-9,13-14,18H,3-6H2,1-2H3. The number of halogens is 1. The van der Waals surface area contributed by atoms with Crippen molar-refractivity contribution in [3.05, 3.63) is 35.1 Å². The summed E-state index contributed by atoms with van der Waals surface area (Å²) in [6.07, 6.45) is 2.96. The molecule has 104 valence electrons. The molecule has 1 N–H and O–H groups in total. The molecule has 1 amide bonds. The van der Waals surface area contributed by atoms with Gasteiger partial charge < -0.3 is 10.0 Å². The highest BCUT2D eigenvalue weighted by atomic mass is 19.1. The van der Waals surface area contributed by atoms with Gasteiger partial charge in [-0.2, -0.15) is 0 Å². The Labute approximate surface area is 113 Å².